The Morgan fingerprint density at radius 3 is 2.78 bits per heavy atom. The molecule has 0 spiro atoms. The van der Waals surface area contributed by atoms with Crippen LogP contribution >= 0.6 is 0 Å². The Balaban J connectivity index is 2.48. The molecular formula is C7H11NO. The van der Waals surface area contributed by atoms with Crippen molar-refractivity contribution in [1.29, 1.82) is 0 Å². The molecule has 0 aromatic carbocycles. The van der Waals surface area contributed by atoms with E-state index in [1.54, 1.807) is 6.26 Å². The molecule has 0 bridgehead atoms. The molecule has 1 heterocycles. The highest BCUT2D eigenvalue weighted by Crippen LogP contribution is 2.00. The van der Waals surface area contributed by atoms with Gasteiger partial charge >= 0.3 is 0 Å². The van der Waals surface area contributed by atoms with Gasteiger partial charge in [-0.15, -0.1) is 0 Å². The van der Waals surface area contributed by atoms with Crippen LogP contribution in [0.25, 0.3) is 0 Å². The lowest BCUT2D eigenvalue weighted by atomic mass is 10.4. The van der Waals surface area contributed by atoms with Crippen molar-refractivity contribution in [3.63, 3.8) is 0 Å². The number of hydrogen-bond acceptors (Lipinski definition) is 2. The van der Waals surface area contributed by atoms with Crippen LogP contribution in [0.2, 0.25) is 0 Å². The summed E-state index contributed by atoms with van der Waals surface area (Å²) >= 11 is 0. The first kappa shape index (κ1) is 6.36. The lowest BCUT2D eigenvalue weighted by Crippen LogP contribution is -2.09. The molecule has 1 aromatic rings. The van der Waals surface area contributed by atoms with Gasteiger partial charge in [0.05, 0.1) is 12.8 Å². The van der Waals surface area contributed by atoms with Gasteiger partial charge in [0, 0.05) is 0 Å². The molecule has 0 radical (unpaired) electrons. The number of hydrogen-bond donors (Lipinski definition) is 0. The summed E-state index contributed by atoms with van der Waals surface area (Å²) < 4.78 is 5.10. The zero-order valence-electron chi connectivity index (χ0n) is 5.79. The molecule has 50 valence electrons. The smallest absolute Gasteiger partial charge is 0.117 e. The van der Waals surface area contributed by atoms with E-state index >= 15 is 0 Å². The molecule has 1 rings (SSSR count). The third-order valence-corrected chi connectivity index (χ3v) is 1.05. The van der Waals surface area contributed by atoms with Crippen LogP contribution in [-0.2, 0) is 6.54 Å². The summed E-state index contributed by atoms with van der Waals surface area (Å²) in [4.78, 5) is 2.07. The van der Waals surface area contributed by atoms with E-state index in [-0.39, 0.29) is 0 Å². The second kappa shape index (κ2) is 2.69. The molecule has 0 N–H and O–H groups in total. The minimum Gasteiger partial charge on any atom is -0.468 e. The monoisotopic (exact) mass is 125 g/mol. The summed E-state index contributed by atoms with van der Waals surface area (Å²) in [6.45, 7) is 0.882. The van der Waals surface area contributed by atoms with Gasteiger partial charge < -0.3 is 9.32 Å². The van der Waals surface area contributed by atoms with E-state index < -0.39 is 0 Å². The predicted octanol–water partition coefficient (Wildman–Crippen LogP) is 1.34. The average molecular weight is 125 g/mol. The molecule has 0 aliphatic rings. The van der Waals surface area contributed by atoms with Crippen molar-refractivity contribution in [3.8, 4) is 0 Å². The fourth-order valence-electron chi connectivity index (χ4n) is 0.714. The van der Waals surface area contributed by atoms with Crippen molar-refractivity contribution in [1.82, 2.24) is 4.90 Å². The van der Waals surface area contributed by atoms with Gasteiger partial charge in [0.15, 0.2) is 0 Å². The van der Waals surface area contributed by atoms with Crippen LogP contribution in [0.1, 0.15) is 5.76 Å². The van der Waals surface area contributed by atoms with Crippen molar-refractivity contribution in [2.24, 2.45) is 0 Å². The highest BCUT2D eigenvalue weighted by molar-refractivity contribution is 4.97. The van der Waals surface area contributed by atoms with E-state index in [1.807, 2.05) is 26.2 Å². The molecule has 0 unspecified atom stereocenters. The largest absolute Gasteiger partial charge is 0.468 e. The van der Waals surface area contributed by atoms with E-state index in [1.165, 1.54) is 0 Å². The average Bonchev–Trinajstić information content (AvgIpc) is 2.15. The van der Waals surface area contributed by atoms with E-state index in [0.29, 0.717) is 0 Å². The second-order valence-corrected chi connectivity index (χ2v) is 2.32. The van der Waals surface area contributed by atoms with Gasteiger partial charge in [-0.25, -0.2) is 0 Å². The molecule has 0 saturated carbocycles. The van der Waals surface area contributed by atoms with Gasteiger partial charge in [-0.05, 0) is 26.2 Å². The first-order chi connectivity index (χ1) is 4.29. The zero-order chi connectivity index (χ0) is 6.69. The van der Waals surface area contributed by atoms with Crippen molar-refractivity contribution >= 4 is 0 Å². The van der Waals surface area contributed by atoms with Crippen molar-refractivity contribution in [2.45, 2.75) is 6.54 Å². The fourth-order valence-corrected chi connectivity index (χ4v) is 0.714. The topological polar surface area (TPSA) is 16.4 Å². The molecular weight excluding hydrogens is 114 g/mol. The summed E-state index contributed by atoms with van der Waals surface area (Å²) in [6, 6.07) is 3.87. The molecule has 0 saturated heterocycles. The first-order valence-corrected chi connectivity index (χ1v) is 2.96. The van der Waals surface area contributed by atoms with Gasteiger partial charge in [-0.3, -0.25) is 0 Å². The Kier molecular flexibility index (Phi) is 1.90. The highest BCUT2D eigenvalue weighted by atomic mass is 16.3. The standard InChI is InChI=1S/C7H11NO/c1-8(2)6-7-4-3-5-9-7/h3-5H,6H2,1-2H3. The van der Waals surface area contributed by atoms with Crippen molar-refractivity contribution < 1.29 is 4.42 Å². The maximum atomic E-state index is 5.10. The second-order valence-electron chi connectivity index (χ2n) is 2.32. The predicted molar refractivity (Wildman–Crippen MR) is 36.1 cm³/mol. The quantitative estimate of drug-likeness (QED) is 0.593. The number of rotatable bonds is 2. The van der Waals surface area contributed by atoms with Crippen LogP contribution in [0.4, 0.5) is 0 Å². The Morgan fingerprint density at radius 1 is 1.56 bits per heavy atom. The maximum absolute atomic E-state index is 5.10. The van der Waals surface area contributed by atoms with Crippen LogP contribution < -0.4 is 0 Å². The lowest BCUT2D eigenvalue weighted by Gasteiger charge is -2.04. The first-order valence-electron chi connectivity index (χ1n) is 2.96. The van der Waals surface area contributed by atoms with Crippen molar-refractivity contribution in [3.05, 3.63) is 24.2 Å². The molecule has 0 atom stereocenters. The Labute approximate surface area is 55.1 Å². The van der Waals surface area contributed by atoms with Gasteiger partial charge in [-0.1, -0.05) is 0 Å². The lowest BCUT2D eigenvalue weighted by molar-refractivity contribution is 0.350. The molecule has 0 aliphatic heterocycles. The Hall–Kier alpha value is -0.760. The summed E-state index contributed by atoms with van der Waals surface area (Å²) in [7, 11) is 4.03. The zero-order valence-corrected chi connectivity index (χ0v) is 5.79. The third kappa shape index (κ3) is 1.90. The number of furan rings is 1. The molecule has 9 heavy (non-hydrogen) atoms. The maximum Gasteiger partial charge on any atom is 0.117 e. The molecule has 2 heteroatoms. The van der Waals surface area contributed by atoms with Crippen LogP contribution in [0, 0.1) is 0 Å². The van der Waals surface area contributed by atoms with E-state index in [4.69, 9.17) is 4.42 Å². The number of nitrogens with zero attached hydrogens (tertiary/aromatic N) is 1. The summed E-state index contributed by atoms with van der Waals surface area (Å²) in [5, 5.41) is 0. The molecule has 0 aliphatic carbocycles. The SMILES string of the molecule is CN(C)Cc1ccco1. The molecule has 0 amide bonds. The van der Waals surface area contributed by atoms with Gasteiger partial charge in [0.2, 0.25) is 0 Å². The highest BCUT2D eigenvalue weighted by Gasteiger charge is 1.94. The van der Waals surface area contributed by atoms with Crippen molar-refractivity contribution in [2.75, 3.05) is 14.1 Å². The molecule has 2 nitrogen and oxygen atoms in total. The summed E-state index contributed by atoms with van der Waals surface area (Å²) in [6.07, 6.45) is 1.69. The normalized spacial score (nSPS) is 10.6. The van der Waals surface area contributed by atoms with Crippen LogP contribution in [-0.4, -0.2) is 19.0 Å². The molecule has 0 fully saturated rings. The van der Waals surface area contributed by atoms with Gasteiger partial charge in [0.25, 0.3) is 0 Å². The van der Waals surface area contributed by atoms with Gasteiger partial charge in [-0.2, -0.15) is 0 Å². The minimum atomic E-state index is 0.882. The fraction of sp³-hybridized carbons (Fsp3) is 0.429. The van der Waals surface area contributed by atoms with E-state index in [9.17, 15) is 0 Å². The van der Waals surface area contributed by atoms with Crippen LogP contribution in [0.3, 0.4) is 0 Å². The van der Waals surface area contributed by atoms with E-state index in [0.717, 1.165) is 12.3 Å². The van der Waals surface area contributed by atoms with Gasteiger partial charge in [0.1, 0.15) is 5.76 Å². The van der Waals surface area contributed by atoms with Crippen LogP contribution in [0.5, 0.6) is 0 Å². The Morgan fingerprint density at radius 2 is 2.33 bits per heavy atom. The van der Waals surface area contributed by atoms with E-state index in [2.05, 4.69) is 4.90 Å². The Bertz CT molecular complexity index is 155. The summed E-state index contributed by atoms with van der Waals surface area (Å²) in [5.74, 6) is 1.01. The minimum absolute atomic E-state index is 0.882. The third-order valence-electron chi connectivity index (χ3n) is 1.05. The molecule has 1 aromatic heterocycles. The van der Waals surface area contributed by atoms with Crippen LogP contribution in [0.15, 0.2) is 22.8 Å². The summed E-state index contributed by atoms with van der Waals surface area (Å²) in [5.41, 5.74) is 0.